The van der Waals surface area contributed by atoms with Gasteiger partial charge in [-0.3, -0.25) is 0 Å². The molecule has 0 aliphatic rings. The molecule has 5 heteroatoms. The van der Waals surface area contributed by atoms with Crippen molar-refractivity contribution in [1.82, 2.24) is 5.32 Å². The smallest absolute Gasteiger partial charge is 0.188 e. The van der Waals surface area contributed by atoms with Crippen LogP contribution in [-0.2, 0) is 6.54 Å². The number of hydrogen-bond donors (Lipinski definition) is 1. The van der Waals surface area contributed by atoms with E-state index in [1.54, 1.807) is 18.4 Å². The Kier molecular flexibility index (Phi) is 6.80. The van der Waals surface area contributed by atoms with E-state index in [4.69, 9.17) is 4.74 Å². The molecule has 1 aromatic rings. The summed E-state index contributed by atoms with van der Waals surface area (Å²) in [5.74, 6) is 1.21. The summed E-state index contributed by atoms with van der Waals surface area (Å²) >= 11 is 7.07. The molecule has 0 radical (unpaired) electrons. The number of thiophene rings is 1. The van der Waals surface area contributed by atoms with Crippen molar-refractivity contribution in [2.24, 2.45) is 0 Å². The third-order valence-corrected chi connectivity index (χ3v) is 4.86. The first-order chi connectivity index (χ1) is 7.67. The summed E-state index contributed by atoms with van der Waals surface area (Å²) in [7, 11) is 1.70. The second-order valence-electron chi connectivity index (χ2n) is 3.62. The Balaban J connectivity index is 2.36. The molecule has 92 valence electrons. The Labute approximate surface area is 114 Å². The molecule has 1 N–H and O–H groups in total. The molecule has 16 heavy (non-hydrogen) atoms. The van der Waals surface area contributed by atoms with Crippen LogP contribution in [0.3, 0.4) is 0 Å². The van der Waals surface area contributed by atoms with Gasteiger partial charge < -0.3 is 10.1 Å². The fraction of sp³-hybridized carbons (Fsp3) is 0.636. The van der Waals surface area contributed by atoms with Crippen LogP contribution in [0.1, 0.15) is 18.2 Å². The van der Waals surface area contributed by atoms with Gasteiger partial charge in [0.1, 0.15) is 0 Å². The van der Waals surface area contributed by atoms with E-state index in [-0.39, 0.29) is 0 Å². The van der Waals surface area contributed by atoms with Crippen molar-refractivity contribution in [3.8, 4) is 5.06 Å². The number of hydrogen-bond acceptors (Lipinski definition) is 4. The maximum Gasteiger partial charge on any atom is 0.188 e. The van der Waals surface area contributed by atoms with Crippen LogP contribution in [0.2, 0.25) is 0 Å². The normalized spacial score (nSPS) is 12.8. The van der Waals surface area contributed by atoms with Gasteiger partial charge >= 0.3 is 0 Å². The van der Waals surface area contributed by atoms with Crippen LogP contribution in [0.4, 0.5) is 0 Å². The Hall–Kier alpha value is 0.290. The number of thioether (sulfide) groups is 1. The van der Waals surface area contributed by atoms with E-state index in [1.165, 1.54) is 17.1 Å². The summed E-state index contributed by atoms with van der Waals surface area (Å²) in [5, 5.41) is 4.47. The maximum atomic E-state index is 5.24. The van der Waals surface area contributed by atoms with Gasteiger partial charge in [0.15, 0.2) is 5.06 Å². The SMILES string of the molecule is COc1sc(CNC(C)CCSC)cc1Br. The van der Waals surface area contributed by atoms with Gasteiger partial charge in [0.25, 0.3) is 0 Å². The van der Waals surface area contributed by atoms with E-state index in [2.05, 4.69) is 40.5 Å². The maximum absolute atomic E-state index is 5.24. The molecule has 0 aliphatic heterocycles. The number of halogens is 1. The lowest BCUT2D eigenvalue weighted by Gasteiger charge is -2.11. The Bertz CT molecular complexity index is 317. The average Bonchev–Trinajstić information content (AvgIpc) is 2.64. The molecule has 0 saturated heterocycles. The number of rotatable bonds is 7. The summed E-state index contributed by atoms with van der Waals surface area (Å²) in [6.45, 7) is 3.15. The zero-order chi connectivity index (χ0) is 12.0. The third kappa shape index (κ3) is 4.65. The van der Waals surface area contributed by atoms with Crippen LogP contribution in [0.25, 0.3) is 0 Å². The topological polar surface area (TPSA) is 21.3 Å². The lowest BCUT2D eigenvalue weighted by atomic mass is 10.2. The number of ether oxygens (including phenoxy) is 1. The van der Waals surface area contributed by atoms with Gasteiger partial charge in [-0.05, 0) is 47.3 Å². The second kappa shape index (κ2) is 7.58. The molecule has 1 heterocycles. The summed E-state index contributed by atoms with van der Waals surface area (Å²) in [6.07, 6.45) is 3.36. The molecule has 1 aromatic heterocycles. The monoisotopic (exact) mass is 323 g/mol. The highest BCUT2D eigenvalue weighted by Crippen LogP contribution is 2.34. The third-order valence-electron chi connectivity index (χ3n) is 2.27. The van der Waals surface area contributed by atoms with Crippen molar-refractivity contribution >= 4 is 39.0 Å². The summed E-state index contributed by atoms with van der Waals surface area (Å²) in [6, 6.07) is 2.69. The van der Waals surface area contributed by atoms with Crippen LogP contribution in [0, 0.1) is 0 Å². The molecular weight excluding hydrogens is 306 g/mol. The quantitative estimate of drug-likeness (QED) is 0.825. The Morgan fingerprint density at radius 1 is 1.62 bits per heavy atom. The van der Waals surface area contributed by atoms with Crippen LogP contribution < -0.4 is 10.1 Å². The molecule has 1 rings (SSSR count). The van der Waals surface area contributed by atoms with Gasteiger partial charge in [-0.1, -0.05) is 0 Å². The molecule has 2 nitrogen and oxygen atoms in total. The van der Waals surface area contributed by atoms with E-state index in [1.807, 2.05) is 11.8 Å². The van der Waals surface area contributed by atoms with Crippen molar-refractivity contribution in [1.29, 1.82) is 0 Å². The number of methoxy groups -OCH3 is 1. The van der Waals surface area contributed by atoms with E-state index in [0.29, 0.717) is 6.04 Å². The molecular formula is C11H18BrNOS2. The predicted octanol–water partition coefficient (Wildman–Crippen LogP) is 3.75. The van der Waals surface area contributed by atoms with Crippen LogP contribution in [-0.4, -0.2) is 25.2 Å². The van der Waals surface area contributed by atoms with Gasteiger partial charge in [0.05, 0.1) is 11.6 Å². The van der Waals surface area contributed by atoms with Gasteiger partial charge in [-0.25, -0.2) is 0 Å². The predicted molar refractivity (Wildman–Crippen MR) is 77.9 cm³/mol. The average molecular weight is 324 g/mol. The molecule has 0 fully saturated rings. The van der Waals surface area contributed by atoms with Crippen LogP contribution >= 0.6 is 39.0 Å². The summed E-state index contributed by atoms with van der Waals surface area (Å²) in [4.78, 5) is 1.31. The first kappa shape index (κ1) is 14.4. The van der Waals surface area contributed by atoms with Crippen molar-refractivity contribution < 1.29 is 4.74 Å². The van der Waals surface area contributed by atoms with Gasteiger partial charge in [0, 0.05) is 17.5 Å². The van der Waals surface area contributed by atoms with E-state index >= 15 is 0 Å². The molecule has 1 atom stereocenters. The largest absolute Gasteiger partial charge is 0.486 e. The van der Waals surface area contributed by atoms with Crippen molar-refractivity contribution in [3.05, 3.63) is 15.4 Å². The van der Waals surface area contributed by atoms with E-state index < -0.39 is 0 Å². The fourth-order valence-corrected chi connectivity index (χ4v) is 3.53. The molecule has 0 spiro atoms. The molecule has 0 aromatic carbocycles. The second-order valence-corrected chi connectivity index (χ2v) is 6.55. The molecule has 0 saturated carbocycles. The first-order valence-electron chi connectivity index (χ1n) is 5.22. The van der Waals surface area contributed by atoms with E-state index in [9.17, 15) is 0 Å². The Morgan fingerprint density at radius 3 is 2.94 bits per heavy atom. The standard InChI is InChI=1S/C11H18BrNOS2/c1-8(4-5-15-3)13-7-9-6-10(12)11(14-2)16-9/h6,8,13H,4-5,7H2,1-3H3. The molecule has 0 aliphatic carbocycles. The van der Waals surface area contributed by atoms with Gasteiger partial charge in [-0.2, -0.15) is 11.8 Å². The molecule has 0 amide bonds. The highest BCUT2D eigenvalue weighted by Gasteiger charge is 2.08. The highest BCUT2D eigenvalue weighted by molar-refractivity contribution is 9.10. The van der Waals surface area contributed by atoms with Crippen LogP contribution in [0.15, 0.2) is 10.5 Å². The van der Waals surface area contributed by atoms with Gasteiger partial charge in [-0.15, -0.1) is 11.3 Å². The first-order valence-corrected chi connectivity index (χ1v) is 8.22. The van der Waals surface area contributed by atoms with Crippen LogP contribution in [0.5, 0.6) is 5.06 Å². The highest BCUT2D eigenvalue weighted by atomic mass is 79.9. The minimum atomic E-state index is 0.569. The van der Waals surface area contributed by atoms with Crippen molar-refractivity contribution in [3.63, 3.8) is 0 Å². The summed E-state index contributed by atoms with van der Waals surface area (Å²) in [5.41, 5.74) is 0. The Morgan fingerprint density at radius 2 is 2.38 bits per heavy atom. The lowest BCUT2D eigenvalue weighted by molar-refractivity contribution is 0.425. The minimum absolute atomic E-state index is 0.569. The molecule has 1 unspecified atom stereocenters. The van der Waals surface area contributed by atoms with Crippen molar-refractivity contribution in [2.75, 3.05) is 19.1 Å². The zero-order valence-electron chi connectivity index (χ0n) is 9.88. The van der Waals surface area contributed by atoms with E-state index in [0.717, 1.165) is 16.1 Å². The fourth-order valence-electron chi connectivity index (χ4n) is 1.30. The minimum Gasteiger partial charge on any atom is -0.486 e. The summed E-state index contributed by atoms with van der Waals surface area (Å²) < 4.78 is 6.29. The van der Waals surface area contributed by atoms with Crippen molar-refractivity contribution in [2.45, 2.75) is 25.9 Å². The number of nitrogens with one attached hydrogen (secondary N) is 1. The molecule has 0 bridgehead atoms. The zero-order valence-corrected chi connectivity index (χ0v) is 13.1. The lowest BCUT2D eigenvalue weighted by Crippen LogP contribution is -2.25. The van der Waals surface area contributed by atoms with Gasteiger partial charge in [0.2, 0.25) is 0 Å².